The van der Waals surface area contributed by atoms with Crippen molar-refractivity contribution in [1.82, 2.24) is 10.3 Å². The quantitative estimate of drug-likeness (QED) is 0.759. The number of benzene rings is 1. The molecule has 7 heteroatoms. The smallest absolute Gasteiger partial charge is 0.319 e. The number of rotatable bonds is 6. The summed E-state index contributed by atoms with van der Waals surface area (Å²) in [7, 11) is 3.21. The van der Waals surface area contributed by atoms with E-state index in [0.717, 1.165) is 18.5 Å². The Kier molecular flexibility index (Phi) is 4.69. The molecule has 2 aromatic rings. The number of hydrogen-bond acceptors (Lipinski definition) is 5. The summed E-state index contributed by atoms with van der Waals surface area (Å²) in [5, 5.41) is 8.80. The highest BCUT2D eigenvalue weighted by Gasteiger charge is 2.23. The highest BCUT2D eigenvalue weighted by molar-refractivity contribution is 5.89. The van der Waals surface area contributed by atoms with Crippen LogP contribution in [-0.2, 0) is 0 Å². The molecular weight excluding hydrogens is 308 g/mol. The minimum Gasteiger partial charge on any atom is -0.497 e. The molecule has 0 bridgehead atoms. The fourth-order valence-electron chi connectivity index (χ4n) is 2.17. The molecule has 1 aliphatic carbocycles. The van der Waals surface area contributed by atoms with E-state index in [4.69, 9.17) is 9.47 Å². The number of nitrogens with one attached hydrogen (secondary N) is 3. The molecule has 0 atom stereocenters. The minimum absolute atomic E-state index is 0.200. The van der Waals surface area contributed by atoms with Crippen molar-refractivity contribution in [1.29, 1.82) is 0 Å². The summed E-state index contributed by atoms with van der Waals surface area (Å²) in [6.45, 7) is 0. The number of hydrogen-bond donors (Lipinski definition) is 3. The zero-order valence-electron chi connectivity index (χ0n) is 13.6. The van der Waals surface area contributed by atoms with Crippen LogP contribution in [0.1, 0.15) is 12.8 Å². The van der Waals surface area contributed by atoms with E-state index in [1.807, 2.05) is 18.2 Å². The predicted octanol–water partition coefficient (Wildman–Crippen LogP) is 3.13. The standard InChI is InChI=1S/C17H20N4O3/c1-23-13-6-7-15(24-2)14(9-13)21-16-8-5-12(10-18-16)20-17(22)19-11-3-4-11/h5-11H,3-4H2,1-2H3,(H,18,21)(H2,19,20,22). The number of carbonyl (C=O) groups excluding carboxylic acids is 1. The third kappa shape index (κ3) is 4.07. The number of carbonyl (C=O) groups is 1. The van der Waals surface area contributed by atoms with Gasteiger partial charge in [0.15, 0.2) is 0 Å². The van der Waals surface area contributed by atoms with E-state index in [1.54, 1.807) is 32.5 Å². The van der Waals surface area contributed by atoms with Crippen molar-refractivity contribution in [3.63, 3.8) is 0 Å². The first-order valence-electron chi connectivity index (χ1n) is 7.70. The van der Waals surface area contributed by atoms with Crippen molar-refractivity contribution in [3.8, 4) is 11.5 Å². The van der Waals surface area contributed by atoms with Gasteiger partial charge in [-0.25, -0.2) is 9.78 Å². The fourth-order valence-corrected chi connectivity index (χ4v) is 2.17. The van der Waals surface area contributed by atoms with Crippen molar-refractivity contribution >= 4 is 23.2 Å². The van der Waals surface area contributed by atoms with Crippen molar-refractivity contribution in [2.24, 2.45) is 0 Å². The number of urea groups is 1. The third-order valence-corrected chi connectivity index (χ3v) is 3.60. The molecule has 3 rings (SSSR count). The van der Waals surface area contributed by atoms with Crippen LogP contribution < -0.4 is 25.4 Å². The van der Waals surface area contributed by atoms with Crippen LogP contribution >= 0.6 is 0 Å². The molecular formula is C17H20N4O3. The van der Waals surface area contributed by atoms with Gasteiger partial charge in [0.1, 0.15) is 17.3 Å². The van der Waals surface area contributed by atoms with Gasteiger partial charge in [0, 0.05) is 12.1 Å². The molecule has 0 spiro atoms. The van der Waals surface area contributed by atoms with E-state index >= 15 is 0 Å². The van der Waals surface area contributed by atoms with Crippen LogP contribution in [0.2, 0.25) is 0 Å². The van der Waals surface area contributed by atoms with Crippen LogP contribution in [0.3, 0.4) is 0 Å². The second-order valence-corrected chi connectivity index (χ2v) is 5.50. The number of ether oxygens (including phenoxy) is 2. The maximum atomic E-state index is 11.7. The van der Waals surface area contributed by atoms with Gasteiger partial charge < -0.3 is 25.4 Å². The second-order valence-electron chi connectivity index (χ2n) is 5.50. The zero-order chi connectivity index (χ0) is 16.9. The van der Waals surface area contributed by atoms with Gasteiger partial charge in [0.25, 0.3) is 0 Å². The van der Waals surface area contributed by atoms with Gasteiger partial charge in [-0.05, 0) is 37.1 Å². The van der Waals surface area contributed by atoms with Crippen LogP contribution in [0.4, 0.5) is 22.0 Å². The summed E-state index contributed by atoms with van der Waals surface area (Å²) in [6.07, 6.45) is 3.70. The van der Waals surface area contributed by atoms with Gasteiger partial charge in [-0.2, -0.15) is 0 Å². The van der Waals surface area contributed by atoms with E-state index in [-0.39, 0.29) is 6.03 Å². The maximum Gasteiger partial charge on any atom is 0.319 e. The first kappa shape index (κ1) is 15.9. The highest BCUT2D eigenvalue weighted by Crippen LogP contribution is 2.31. The van der Waals surface area contributed by atoms with Crippen molar-refractivity contribution < 1.29 is 14.3 Å². The van der Waals surface area contributed by atoms with Gasteiger partial charge in [0.05, 0.1) is 31.8 Å². The Morgan fingerprint density at radius 1 is 1.17 bits per heavy atom. The molecule has 1 aliphatic rings. The summed E-state index contributed by atoms with van der Waals surface area (Å²) < 4.78 is 10.5. The number of pyridine rings is 1. The van der Waals surface area contributed by atoms with E-state index in [2.05, 4.69) is 20.9 Å². The van der Waals surface area contributed by atoms with E-state index in [0.29, 0.717) is 29.0 Å². The monoisotopic (exact) mass is 328 g/mol. The largest absolute Gasteiger partial charge is 0.497 e. The Morgan fingerprint density at radius 2 is 2.00 bits per heavy atom. The zero-order valence-corrected chi connectivity index (χ0v) is 13.6. The Balaban J connectivity index is 1.66. The van der Waals surface area contributed by atoms with E-state index < -0.39 is 0 Å². The molecule has 0 unspecified atom stereocenters. The average molecular weight is 328 g/mol. The van der Waals surface area contributed by atoms with Crippen LogP contribution in [0.5, 0.6) is 11.5 Å². The average Bonchev–Trinajstić information content (AvgIpc) is 3.40. The topological polar surface area (TPSA) is 84.5 Å². The molecule has 0 radical (unpaired) electrons. The summed E-state index contributed by atoms with van der Waals surface area (Å²) in [6, 6.07) is 9.16. The molecule has 1 saturated carbocycles. The van der Waals surface area contributed by atoms with Gasteiger partial charge in [-0.3, -0.25) is 0 Å². The molecule has 1 heterocycles. The highest BCUT2D eigenvalue weighted by atomic mass is 16.5. The Hall–Kier alpha value is -2.96. The number of anilines is 3. The Labute approximate surface area is 140 Å². The first-order chi connectivity index (χ1) is 11.7. The molecule has 2 amide bonds. The van der Waals surface area contributed by atoms with Crippen LogP contribution in [0, 0.1) is 0 Å². The lowest BCUT2D eigenvalue weighted by Gasteiger charge is -2.12. The molecule has 1 aromatic carbocycles. The van der Waals surface area contributed by atoms with Crippen molar-refractivity contribution in [3.05, 3.63) is 36.5 Å². The van der Waals surface area contributed by atoms with Crippen molar-refractivity contribution in [2.75, 3.05) is 24.9 Å². The Morgan fingerprint density at radius 3 is 2.62 bits per heavy atom. The summed E-state index contributed by atoms with van der Waals surface area (Å²) in [5.41, 5.74) is 1.38. The van der Waals surface area contributed by atoms with E-state index in [1.165, 1.54) is 0 Å². The van der Waals surface area contributed by atoms with Gasteiger partial charge in [-0.15, -0.1) is 0 Å². The van der Waals surface area contributed by atoms with Gasteiger partial charge >= 0.3 is 6.03 Å². The SMILES string of the molecule is COc1ccc(OC)c(Nc2ccc(NC(=O)NC3CC3)cn2)c1. The lowest BCUT2D eigenvalue weighted by Crippen LogP contribution is -2.30. The summed E-state index contributed by atoms with van der Waals surface area (Å²) >= 11 is 0. The molecule has 1 fully saturated rings. The van der Waals surface area contributed by atoms with E-state index in [9.17, 15) is 4.79 Å². The van der Waals surface area contributed by atoms with Crippen LogP contribution in [-0.4, -0.2) is 31.3 Å². The predicted molar refractivity (Wildman–Crippen MR) is 92.2 cm³/mol. The number of amides is 2. The maximum absolute atomic E-state index is 11.7. The first-order valence-corrected chi connectivity index (χ1v) is 7.70. The molecule has 0 aliphatic heterocycles. The molecule has 1 aromatic heterocycles. The van der Waals surface area contributed by atoms with Gasteiger partial charge in [-0.1, -0.05) is 0 Å². The van der Waals surface area contributed by atoms with Crippen molar-refractivity contribution in [2.45, 2.75) is 18.9 Å². The lowest BCUT2D eigenvalue weighted by atomic mass is 10.2. The lowest BCUT2D eigenvalue weighted by molar-refractivity contribution is 0.251. The summed E-state index contributed by atoms with van der Waals surface area (Å²) in [5.74, 6) is 2.03. The molecule has 24 heavy (non-hydrogen) atoms. The number of aromatic nitrogens is 1. The molecule has 7 nitrogen and oxygen atoms in total. The molecule has 3 N–H and O–H groups in total. The van der Waals surface area contributed by atoms with Crippen LogP contribution in [0.25, 0.3) is 0 Å². The number of nitrogens with zero attached hydrogens (tertiary/aromatic N) is 1. The second kappa shape index (κ2) is 7.08. The van der Waals surface area contributed by atoms with Gasteiger partial charge in [0.2, 0.25) is 0 Å². The normalized spacial score (nSPS) is 13.1. The van der Waals surface area contributed by atoms with Crippen LogP contribution in [0.15, 0.2) is 36.5 Å². The molecule has 126 valence electrons. The number of methoxy groups -OCH3 is 2. The fraction of sp³-hybridized carbons (Fsp3) is 0.294. The molecule has 0 saturated heterocycles. The Bertz CT molecular complexity index is 714. The third-order valence-electron chi connectivity index (χ3n) is 3.60. The summed E-state index contributed by atoms with van der Waals surface area (Å²) in [4.78, 5) is 16.0. The minimum atomic E-state index is -0.200.